The van der Waals surface area contributed by atoms with Crippen LogP contribution in [0.25, 0.3) is 5.65 Å². The molecule has 0 radical (unpaired) electrons. The van der Waals surface area contributed by atoms with Crippen molar-refractivity contribution < 1.29 is 27.1 Å². The molecule has 4 aromatic rings. The molecule has 0 bridgehead atoms. The van der Waals surface area contributed by atoms with Crippen LogP contribution in [-0.4, -0.2) is 60.1 Å². The fourth-order valence-electron chi connectivity index (χ4n) is 4.67. The van der Waals surface area contributed by atoms with Crippen molar-refractivity contribution in [3.8, 4) is 5.75 Å². The normalized spacial score (nSPS) is 15.3. The summed E-state index contributed by atoms with van der Waals surface area (Å²) >= 11 is 6.16. The number of ether oxygens (including phenoxy) is 2. The monoisotopic (exact) mass is 573 g/mol. The maximum atomic E-state index is 15.5. The summed E-state index contributed by atoms with van der Waals surface area (Å²) in [7, 11) is -2.00. The van der Waals surface area contributed by atoms with Crippen molar-refractivity contribution in [2.24, 2.45) is 0 Å². The molecule has 0 fully saturated rings. The van der Waals surface area contributed by atoms with Gasteiger partial charge < -0.3 is 18.8 Å². The first-order chi connectivity index (χ1) is 18.6. The Morgan fingerprint density at radius 1 is 1.21 bits per heavy atom. The minimum Gasteiger partial charge on any atom is -0.481 e. The lowest BCUT2D eigenvalue weighted by molar-refractivity contribution is -0.135. The van der Waals surface area contributed by atoms with Crippen molar-refractivity contribution in [2.75, 3.05) is 31.2 Å². The van der Waals surface area contributed by atoms with Crippen LogP contribution in [0.15, 0.2) is 54.7 Å². The van der Waals surface area contributed by atoms with E-state index in [4.69, 9.17) is 26.1 Å². The van der Waals surface area contributed by atoms with Gasteiger partial charge >= 0.3 is 0 Å². The highest BCUT2D eigenvalue weighted by Crippen LogP contribution is 2.37. The van der Waals surface area contributed by atoms with Gasteiger partial charge in [0.1, 0.15) is 23.3 Å². The Balaban J connectivity index is 1.46. The Kier molecular flexibility index (Phi) is 7.43. The third kappa shape index (κ3) is 5.68. The van der Waals surface area contributed by atoms with Crippen molar-refractivity contribution in [1.29, 1.82) is 0 Å². The average molecular weight is 574 g/mol. The average Bonchev–Trinajstić information content (AvgIpc) is 3.26. The minimum absolute atomic E-state index is 0.0183. The zero-order valence-corrected chi connectivity index (χ0v) is 22.7. The van der Waals surface area contributed by atoms with Crippen LogP contribution in [0.5, 0.6) is 5.75 Å². The van der Waals surface area contributed by atoms with Crippen LogP contribution < -0.4 is 9.46 Å². The lowest BCUT2D eigenvalue weighted by Gasteiger charge is -2.36. The molecule has 0 aliphatic carbocycles. The molecule has 1 N–H and O–H groups in total. The quantitative estimate of drug-likeness (QED) is 0.320. The maximum absolute atomic E-state index is 15.5. The molecule has 5 rings (SSSR count). The van der Waals surface area contributed by atoms with Crippen molar-refractivity contribution in [2.45, 2.75) is 19.1 Å². The summed E-state index contributed by atoms with van der Waals surface area (Å²) in [5.41, 5.74) is 3.20. The number of sulfonamides is 1. The first-order valence-corrected chi connectivity index (χ1v) is 14.2. The molecular formula is C26H25ClFN5O5S. The van der Waals surface area contributed by atoms with E-state index in [-0.39, 0.29) is 23.3 Å². The van der Waals surface area contributed by atoms with Crippen LogP contribution in [0.2, 0.25) is 5.15 Å². The molecule has 13 heteroatoms. The Morgan fingerprint density at radius 3 is 2.74 bits per heavy atom. The Morgan fingerprint density at radius 2 is 2.03 bits per heavy atom. The summed E-state index contributed by atoms with van der Waals surface area (Å²) < 4.78 is 53.3. The van der Waals surface area contributed by atoms with Crippen molar-refractivity contribution >= 4 is 39.0 Å². The molecule has 204 valence electrons. The van der Waals surface area contributed by atoms with Gasteiger partial charge in [0, 0.05) is 31.8 Å². The highest BCUT2D eigenvalue weighted by Gasteiger charge is 2.37. The van der Waals surface area contributed by atoms with E-state index in [9.17, 15) is 13.2 Å². The number of carbonyl (C=O) groups is 1. The molecule has 1 unspecified atom stereocenters. The Labute approximate surface area is 229 Å². The van der Waals surface area contributed by atoms with E-state index in [1.807, 2.05) is 28.8 Å². The fourth-order valence-corrected chi connectivity index (χ4v) is 5.37. The number of methoxy groups -OCH3 is 1. The van der Waals surface area contributed by atoms with E-state index >= 15 is 4.39 Å². The molecule has 10 nitrogen and oxygen atoms in total. The third-order valence-electron chi connectivity index (χ3n) is 6.25. The van der Waals surface area contributed by atoms with Gasteiger partial charge in [0.15, 0.2) is 17.5 Å². The van der Waals surface area contributed by atoms with Gasteiger partial charge in [-0.1, -0.05) is 29.8 Å². The molecule has 0 spiro atoms. The van der Waals surface area contributed by atoms with Gasteiger partial charge in [-0.05, 0) is 35.9 Å². The summed E-state index contributed by atoms with van der Waals surface area (Å²) in [6.07, 6.45) is 3.31. The number of anilines is 1. The first-order valence-electron chi connectivity index (χ1n) is 11.9. The summed E-state index contributed by atoms with van der Waals surface area (Å²) in [6, 6.07) is 12.5. The zero-order valence-electron chi connectivity index (χ0n) is 21.1. The molecule has 3 aromatic heterocycles. The van der Waals surface area contributed by atoms with Gasteiger partial charge in [0.05, 0.1) is 24.3 Å². The maximum Gasteiger partial charge on any atom is 0.261 e. The van der Waals surface area contributed by atoms with Gasteiger partial charge in [-0.15, -0.1) is 0 Å². The second kappa shape index (κ2) is 10.8. The number of amides is 1. The molecular weight excluding hydrogens is 549 g/mol. The van der Waals surface area contributed by atoms with Crippen LogP contribution >= 0.6 is 11.6 Å². The second-order valence-corrected chi connectivity index (χ2v) is 11.2. The predicted octanol–water partition coefficient (Wildman–Crippen LogP) is 3.59. The van der Waals surface area contributed by atoms with Crippen LogP contribution in [0.1, 0.15) is 28.6 Å². The lowest BCUT2D eigenvalue weighted by Crippen LogP contribution is -2.43. The number of benzene rings is 1. The van der Waals surface area contributed by atoms with Crippen LogP contribution in [0, 0.1) is 5.82 Å². The second-order valence-electron chi connectivity index (χ2n) is 9.05. The number of imidazole rings is 1. The van der Waals surface area contributed by atoms with E-state index in [1.54, 1.807) is 17.0 Å². The Bertz CT molecular complexity index is 1660. The highest BCUT2D eigenvalue weighted by atomic mass is 35.5. The van der Waals surface area contributed by atoms with Crippen LogP contribution in [0.4, 0.5) is 10.2 Å². The first kappa shape index (κ1) is 26.9. The summed E-state index contributed by atoms with van der Waals surface area (Å²) in [5.74, 6) is -0.743. The fraction of sp³-hybridized carbons (Fsp3) is 0.269. The number of hydrogen-bond acceptors (Lipinski definition) is 7. The number of halogens is 2. The minimum atomic E-state index is -3.54. The lowest BCUT2D eigenvalue weighted by atomic mass is 9.94. The largest absolute Gasteiger partial charge is 0.481 e. The summed E-state index contributed by atoms with van der Waals surface area (Å²) in [6.45, 7) is 0.158. The number of carbonyl (C=O) groups excluding carboxylic acids is 1. The number of aromatic nitrogens is 3. The topological polar surface area (TPSA) is 115 Å². The van der Waals surface area contributed by atoms with Crippen molar-refractivity contribution in [3.63, 3.8) is 0 Å². The van der Waals surface area contributed by atoms with Gasteiger partial charge in [-0.3, -0.25) is 9.52 Å². The molecule has 0 saturated heterocycles. The molecule has 0 saturated carbocycles. The van der Waals surface area contributed by atoms with E-state index in [1.165, 1.54) is 25.3 Å². The molecule has 4 heterocycles. The smallest absolute Gasteiger partial charge is 0.261 e. The van der Waals surface area contributed by atoms with E-state index in [0.717, 1.165) is 11.9 Å². The third-order valence-corrected chi connectivity index (χ3v) is 7.10. The van der Waals surface area contributed by atoms with Gasteiger partial charge in [0.2, 0.25) is 10.0 Å². The molecule has 1 aromatic carbocycles. The number of pyridine rings is 2. The van der Waals surface area contributed by atoms with Crippen LogP contribution in [0.3, 0.4) is 0 Å². The number of hydrogen-bond donors (Lipinski definition) is 1. The van der Waals surface area contributed by atoms with Crippen molar-refractivity contribution in [1.82, 2.24) is 19.3 Å². The van der Waals surface area contributed by atoms with Crippen molar-refractivity contribution in [3.05, 3.63) is 88.2 Å². The number of rotatable bonds is 8. The van der Waals surface area contributed by atoms with Gasteiger partial charge in [0.25, 0.3) is 5.91 Å². The number of nitrogens with zero attached hydrogens (tertiary/aromatic N) is 4. The summed E-state index contributed by atoms with van der Waals surface area (Å²) in [4.78, 5) is 23.8. The number of nitrogens with one attached hydrogen (secondary N) is 1. The molecule has 1 aliphatic heterocycles. The summed E-state index contributed by atoms with van der Waals surface area (Å²) in [5, 5.41) is -0.115. The standard InChI is InChI=1S/C26H25ClFN5O5S/c1-37-14-16-6-7-17(18(28)13-16)24-25-19(29-22-5-3-4-11-32(22)25)10-12-33(24)23(34)15-38-20-8-9-21(30-26(20)27)31-39(2,35)36/h3-9,11,13,24H,10,12,14-15H2,1-2H3,(H,30,31). The van der Waals surface area contributed by atoms with E-state index in [2.05, 4.69) is 9.71 Å². The van der Waals surface area contributed by atoms with Gasteiger partial charge in [-0.2, -0.15) is 0 Å². The van der Waals surface area contributed by atoms with E-state index < -0.39 is 34.4 Å². The predicted molar refractivity (Wildman–Crippen MR) is 143 cm³/mol. The van der Waals surface area contributed by atoms with E-state index in [0.29, 0.717) is 35.4 Å². The molecule has 1 amide bonds. The molecule has 1 aliphatic rings. The SMILES string of the molecule is COCc1ccc(C2c3c(nc4ccccn34)CCN2C(=O)COc2ccc(NS(C)(=O)=O)nc2Cl)c(F)c1. The number of fused-ring (bicyclic) bond motifs is 3. The molecule has 39 heavy (non-hydrogen) atoms. The Hall–Kier alpha value is -3.74. The zero-order chi connectivity index (χ0) is 27.7. The van der Waals surface area contributed by atoms with Crippen LogP contribution in [-0.2, 0) is 32.6 Å². The molecule has 1 atom stereocenters. The highest BCUT2D eigenvalue weighted by molar-refractivity contribution is 7.92. The van der Waals surface area contributed by atoms with Gasteiger partial charge in [-0.25, -0.2) is 22.8 Å².